The number of benzene rings is 1. The largest absolute Gasteiger partial charge is 0.360 e. The van der Waals surface area contributed by atoms with E-state index in [1.54, 1.807) is 13.8 Å². The predicted octanol–water partition coefficient (Wildman–Crippen LogP) is 1.58. The summed E-state index contributed by atoms with van der Waals surface area (Å²) in [6.45, 7) is 3.60. The van der Waals surface area contributed by atoms with E-state index in [1.165, 1.54) is 4.31 Å². The lowest BCUT2D eigenvalue weighted by atomic mass is 9.81. The molecule has 0 saturated carbocycles. The van der Waals surface area contributed by atoms with Gasteiger partial charge in [-0.3, -0.25) is 4.79 Å². The normalized spacial score (nSPS) is 23.7. The Kier molecular flexibility index (Phi) is 3.14. The second-order valence-corrected chi connectivity index (χ2v) is 8.20. The molecule has 1 aromatic carbocycles. The van der Waals surface area contributed by atoms with Gasteiger partial charge in [-0.25, -0.2) is 8.42 Å². The smallest absolute Gasteiger partial charge is 0.248 e. The van der Waals surface area contributed by atoms with Gasteiger partial charge in [-0.15, -0.1) is 0 Å². The molecule has 24 heavy (non-hydrogen) atoms. The summed E-state index contributed by atoms with van der Waals surface area (Å²) in [5, 5.41) is 6.60. The molecule has 2 aliphatic heterocycles. The quantitative estimate of drug-likeness (QED) is 0.890. The number of para-hydroxylation sites is 1. The van der Waals surface area contributed by atoms with Crippen LogP contribution in [0.15, 0.2) is 33.7 Å². The number of sulfonamides is 1. The summed E-state index contributed by atoms with van der Waals surface area (Å²) >= 11 is 0. The van der Waals surface area contributed by atoms with Crippen molar-refractivity contribution in [1.82, 2.24) is 9.46 Å². The molecular weight excluding hydrogens is 330 g/mol. The van der Waals surface area contributed by atoms with Crippen LogP contribution in [0.3, 0.4) is 0 Å². The molecule has 8 heteroatoms. The number of rotatable bonds is 2. The summed E-state index contributed by atoms with van der Waals surface area (Å²) in [6.07, 6.45) is 0.457. The Morgan fingerprint density at radius 3 is 2.75 bits per heavy atom. The number of anilines is 1. The third kappa shape index (κ3) is 1.90. The number of aromatic nitrogens is 1. The minimum Gasteiger partial charge on any atom is -0.360 e. The molecule has 2 aliphatic rings. The monoisotopic (exact) mass is 347 g/mol. The van der Waals surface area contributed by atoms with Gasteiger partial charge >= 0.3 is 0 Å². The van der Waals surface area contributed by atoms with Gasteiger partial charge in [0.1, 0.15) is 10.6 Å². The van der Waals surface area contributed by atoms with Crippen LogP contribution in [0.25, 0.3) is 0 Å². The summed E-state index contributed by atoms with van der Waals surface area (Å²) in [6, 6.07) is 7.45. The number of carbonyl (C=O) groups is 1. The van der Waals surface area contributed by atoms with Crippen molar-refractivity contribution >= 4 is 21.6 Å². The summed E-state index contributed by atoms with van der Waals surface area (Å²) in [4.78, 5) is 12.7. The first-order valence-corrected chi connectivity index (χ1v) is 9.14. The summed E-state index contributed by atoms with van der Waals surface area (Å²) < 4.78 is 32.3. The van der Waals surface area contributed by atoms with E-state index >= 15 is 0 Å². The van der Waals surface area contributed by atoms with Crippen molar-refractivity contribution in [2.45, 2.75) is 30.6 Å². The third-order valence-corrected chi connectivity index (χ3v) is 7.02. The van der Waals surface area contributed by atoms with Crippen LogP contribution >= 0.6 is 0 Å². The fourth-order valence-electron chi connectivity index (χ4n) is 3.73. The number of aryl methyl sites for hydroxylation is 2. The fraction of sp³-hybridized carbons (Fsp3) is 0.375. The highest BCUT2D eigenvalue weighted by Gasteiger charge is 2.53. The average Bonchev–Trinajstić information content (AvgIpc) is 3.20. The molecule has 1 fully saturated rings. The number of hydrogen-bond donors (Lipinski definition) is 1. The van der Waals surface area contributed by atoms with Crippen LogP contribution in [-0.4, -0.2) is 36.9 Å². The van der Waals surface area contributed by atoms with Crippen molar-refractivity contribution in [3.05, 3.63) is 41.3 Å². The van der Waals surface area contributed by atoms with Gasteiger partial charge in [-0.05, 0) is 31.9 Å². The van der Waals surface area contributed by atoms with Crippen molar-refractivity contribution in [2.24, 2.45) is 0 Å². The maximum atomic E-state index is 13.0. The maximum Gasteiger partial charge on any atom is 0.248 e. The SMILES string of the molecule is Cc1noc(C)c1S(=O)(=O)N1CC[C@@]2(C1)C(=O)Nc1ccccc12. The number of nitrogens with one attached hydrogen (secondary N) is 1. The van der Waals surface area contributed by atoms with Crippen molar-refractivity contribution in [2.75, 3.05) is 18.4 Å². The van der Waals surface area contributed by atoms with E-state index in [-0.39, 0.29) is 29.7 Å². The van der Waals surface area contributed by atoms with Crippen LogP contribution in [0.1, 0.15) is 23.4 Å². The van der Waals surface area contributed by atoms with Gasteiger partial charge in [0.2, 0.25) is 15.9 Å². The molecule has 1 amide bonds. The second kappa shape index (κ2) is 4.90. The van der Waals surface area contributed by atoms with Crippen LogP contribution in [-0.2, 0) is 20.2 Å². The van der Waals surface area contributed by atoms with Crippen molar-refractivity contribution < 1.29 is 17.7 Å². The molecule has 2 aromatic rings. The van der Waals surface area contributed by atoms with Gasteiger partial charge in [-0.1, -0.05) is 23.4 Å². The van der Waals surface area contributed by atoms with Crippen LogP contribution < -0.4 is 5.32 Å². The first kappa shape index (κ1) is 15.3. The number of fused-ring (bicyclic) bond motifs is 2. The standard InChI is InChI=1S/C16H17N3O4S/c1-10-14(11(2)23-18-10)24(21,22)19-8-7-16(9-19)12-5-3-4-6-13(12)17-15(16)20/h3-6H,7-9H2,1-2H3,(H,17,20)/t16-/m0/s1. The van der Waals surface area contributed by atoms with Crippen molar-refractivity contribution in [1.29, 1.82) is 0 Å². The summed E-state index contributed by atoms with van der Waals surface area (Å²) in [5.41, 5.74) is 1.15. The van der Waals surface area contributed by atoms with Gasteiger partial charge in [-0.2, -0.15) is 4.31 Å². The highest BCUT2D eigenvalue weighted by molar-refractivity contribution is 7.89. The lowest BCUT2D eigenvalue weighted by Gasteiger charge is -2.22. The Hall–Kier alpha value is -2.19. The second-order valence-electron chi connectivity index (χ2n) is 6.32. The Morgan fingerprint density at radius 2 is 2.04 bits per heavy atom. The topological polar surface area (TPSA) is 92.5 Å². The zero-order valence-electron chi connectivity index (χ0n) is 13.4. The lowest BCUT2D eigenvalue weighted by Crippen LogP contribution is -2.39. The summed E-state index contributed by atoms with van der Waals surface area (Å²) in [7, 11) is -3.75. The van der Waals surface area contributed by atoms with Crippen molar-refractivity contribution in [3.63, 3.8) is 0 Å². The van der Waals surface area contributed by atoms with E-state index in [1.807, 2.05) is 24.3 Å². The van der Waals surface area contributed by atoms with Crippen molar-refractivity contribution in [3.8, 4) is 0 Å². The minimum absolute atomic E-state index is 0.103. The zero-order valence-corrected chi connectivity index (χ0v) is 14.2. The van der Waals surface area contributed by atoms with Crippen LogP contribution in [0.2, 0.25) is 0 Å². The average molecular weight is 347 g/mol. The molecule has 1 N–H and O–H groups in total. The fourth-order valence-corrected chi connectivity index (χ4v) is 5.52. The van der Waals surface area contributed by atoms with Gasteiger partial charge in [0, 0.05) is 18.8 Å². The first-order valence-electron chi connectivity index (χ1n) is 7.70. The van der Waals surface area contributed by atoms with Gasteiger partial charge in [0.25, 0.3) is 0 Å². The molecule has 126 valence electrons. The number of hydrogen-bond acceptors (Lipinski definition) is 5. The molecular formula is C16H17N3O4S. The maximum absolute atomic E-state index is 13.0. The Morgan fingerprint density at radius 1 is 1.29 bits per heavy atom. The number of nitrogens with zero attached hydrogens (tertiary/aromatic N) is 2. The Labute approximate surface area is 139 Å². The molecule has 1 saturated heterocycles. The third-order valence-electron chi connectivity index (χ3n) is 4.93. The van der Waals surface area contributed by atoms with Gasteiger partial charge in [0.15, 0.2) is 5.76 Å². The molecule has 4 rings (SSSR count). The molecule has 0 radical (unpaired) electrons. The minimum atomic E-state index is -3.75. The highest BCUT2D eigenvalue weighted by atomic mass is 32.2. The van der Waals surface area contributed by atoms with E-state index in [9.17, 15) is 13.2 Å². The summed E-state index contributed by atoms with van der Waals surface area (Å²) in [5.74, 6) is 0.130. The van der Waals surface area contributed by atoms with E-state index in [0.717, 1.165) is 11.3 Å². The first-order chi connectivity index (χ1) is 11.4. The van der Waals surface area contributed by atoms with Gasteiger partial charge in [0.05, 0.1) is 5.41 Å². The van der Waals surface area contributed by atoms with E-state index in [2.05, 4.69) is 10.5 Å². The zero-order chi connectivity index (χ0) is 17.1. The van der Waals surface area contributed by atoms with Crippen LogP contribution in [0, 0.1) is 13.8 Å². The van der Waals surface area contributed by atoms with E-state index in [4.69, 9.17) is 4.52 Å². The molecule has 0 unspecified atom stereocenters. The van der Waals surface area contributed by atoms with Crippen LogP contribution in [0.5, 0.6) is 0 Å². The van der Waals surface area contributed by atoms with E-state index in [0.29, 0.717) is 12.1 Å². The molecule has 1 spiro atoms. The predicted molar refractivity (Wildman–Crippen MR) is 86.1 cm³/mol. The highest BCUT2D eigenvalue weighted by Crippen LogP contribution is 2.45. The molecule has 1 atom stereocenters. The lowest BCUT2D eigenvalue weighted by molar-refractivity contribution is -0.120. The molecule has 3 heterocycles. The molecule has 0 bridgehead atoms. The number of carbonyl (C=O) groups excluding carboxylic acids is 1. The Balaban J connectivity index is 1.75. The number of amides is 1. The van der Waals surface area contributed by atoms with E-state index < -0.39 is 15.4 Å². The molecule has 0 aliphatic carbocycles. The van der Waals surface area contributed by atoms with Crippen LogP contribution in [0.4, 0.5) is 5.69 Å². The molecule has 7 nitrogen and oxygen atoms in total. The Bertz CT molecular complexity index is 930. The van der Waals surface area contributed by atoms with Gasteiger partial charge < -0.3 is 9.84 Å². The molecule has 1 aromatic heterocycles.